The molecule has 0 spiro atoms. The maximum atomic E-state index is 5.02. The Morgan fingerprint density at radius 3 is 2.58 bits per heavy atom. The molecule has 0 bridgehead atoms. The van der Waals surface area contributed by atoms with E-state index in [0.29, 0.717) is 6.54 Å². The largest absolute Gasteiger partial charge is 0.302 e. The van der Waals surface area contributed by atoms with Gasteiger partial charge in [-0.2, -0.15) is 0 Å². The zero-order chi connectivity index (χ0) is 18.3. The molecule has 0 saturated heterocycles. The molecule has 5 nitrogen and oxygen atoms in total. The molecule has 0 radical (unpaired) electrons. The normalized spacial score (nSPS) is 16.0. The summed E-state index contributed by atoms with van der Waals surface area (Å²) in [5.74, 6) is 1.79. The molecule has 0 fully saturated rings. The molecule has 0 N–H and O–H groups in total. The van der Waals surface area contributed by atoms with E-state index in [-0.39, 0.29) is 6.04 Å². The second kappa shape index (κ2) is 6.78. The van der Waals surface area contributed by atoms with Crippen LogP contribution in [0.3, 0.4) is 0 Å². The van der Waals surface area contributed by atoms with Crippen LogP contribution in [-0.2, 0) is 6.54 Å². The molecule has 1 unspecified atom stereocenters. The fourth-order valence-corrected chi connectivity index (χ4v) is 3.63. The highest BCUT2D eigenvalue weighted by Gasteiger charge is 2.26. The highest BCUT2D eigenvalue weighted by Crippen LogP contribution is 2.32. The van der Waals surface area contributed by atoms with E-state index >= 15 is 0 Å². The average molecular weight is 410 g/mol. The molecule has 2 heterocycles. The van der Waals surface area contributed by atoms with Gasteiger partial charge < -0.3 is 4.90 Å². The van der Waals surface area contributed by atoms with Gasteiger partial charge in [-0.1, -0.05) is 46.3 Å². The smallest absolute Gasteiger partial charge is 0.162 e. The summed E-state index contributed by atoms with van der Waals surface area (Å²) >= 11 is 3.62. The number of benzene rings is 2. The number of nitrogens with zero attached hydrogens (tertiary/aromatic N) is 5. The van der Waals surface area contributed by atoms with Crippen LogP contribution in [0.15, 0.2) is 58.0 Å². The molecule has 0 aliphatic carbocycles. The number of rotatable bonds is 3. The Hall–Kier alpha value is -2.31. The molecule has 0 saturated carbocycles. The van der Waals surface area contributed by atoms with Gasteiger partial charge in [0.2, 0.25) is 0 Å². The van der Waals surface area contributed by atoms with Crippen molar-refractivity contribution in [1.29, 1.82) is 0 Å². The minimum Gasteiger partial charge on any atom is -0.302 e. The molecular formula is C20H20BrN5. The van der Waals surface area contributed by atoms with E-state index in [1.807, 2.05) is 32.3 Å². The number of hydrogen-bond acceptors (Lipinski definition) is 4. The summed E-state index contributed by atoms with van der Waals surface area (Å²) in [7, 11) is 4.07. The minimum absolute atomic E-state index is 0.0835. The molecule has 132 valence electrons. The van der Waals surface area contributed by atoms with Crippen LogP contribution in [0.2, 0.25) is 0 Å². The summed E-state index contributed by atoms with van der Waals surface area (Å²) in [6, 6.07) is 16.5. The molecule has 2 aromatic carbocycles. The van der Waals surface area contributed by atoms with E-state index < -0.39 is 0 Å². The number of fused-ring (bicyclic) bond motifs is 3. The van der Waals surface area contributed by atoms with Gasteiger partial charge in [0.15, 0.2) is 11.6 Å². The van der Waals surface area contributed by atoms with Crippen LogP contribution < -0.4 is 0 Å². The Labute approximate surface area is 161 Å². The lowest BCUT2D eigenvalue weighted by Crippen LogP contribution is -2.17. The van der Waals surface area contributed by atoms with Gasteiger partial charge >= 0.3 is 0 Å². The molecule has 1 atom stereocenters. The summed E-state index contributed by atoms with van der Waals surface area (Å²) in [4.78, 5) is 7.12. The minimum atomic E-state index is -0.0835. The molecule has 1 aliphatic heterocycles. The monoisotopic (exact) mass is 409 g/mol. The van der Waals surface area contributed by atoms with Gasteiger partial charge in [0, 0.05) is 15.6 Å². The molecule has 26 heavy (non-hydrogen) atoms. The number of halogens is 1. The van der Waals surface area contributed by atoms with Gasteiger partial charge in [0.1, 0.15) is 6.04 Å². The fraction of sp³-hybridized carbons (Fsp3) is 0.250. The summed E-state index contributed by atoms with van der Waals surface area (Å²) in [5.41, 5.74) is 4.24. The van der Waals surface area contributed by atoms with Crippen LogP contribution in [0.25, 0.3) is 5.69 Å². The van der Waals surface area contributed by atoms with E-state index in [9.17, 15) is 0 Å². The third kappa shape index (κ3) is 2.99. The van der Waals surface area contributed by atoms with Gasteiger partial charge in [-0.15, -0.1) is 10.2 Å². The van der Waals surface area contributed by atoms with Gasteiger partial charge in [-0.05, 0) is 39.2 Å². The van der Waals surface area contributed by atoms with Gasteiger partial charge in [0.05, 0.1) is 17.9 Å². The van der Waals surface area contributed by atoms with Crippen molar-refractivity contribution in [3.63, 3.8) is 0 Å². The van der Waals surface area contributed by atoms with E-state index in [1.54, 1.807) is 0 Å². The first-order valence-corrected chi connectivity index (χ1v) is 9.36. The molecule has 6 heteroatoms. The Morgan fingerprint density at radius 1 is 1.08 bits per heavy atom. The molecule has 1 aliphatic rings. The predicted octanol–water partition coefficient (Wildman–Crippen LogP) is 4.00. The van der Waals surface area contributed by atoms with Crippen molar-refractivity contribution in [2.75, 3.05) is 14.1 Å². The molecule has 0 amide bonds. The van der Waals surface area contributed by atoms with Crippen molar-refractivity contribution in [3.8, 4) is 5.69 Å². The summed E-state index contributed by atoms with van der Waals surface area (Å²) < 4.78 is 3.18. The SMILES string of the molecule is CC1N=C(c2ccccc2)c2ccc(Br)cc2-n2c(CN(C)C)nnc21. The number of aliphatic imine (C=N–C) groups is 1. The van der Waals surface area contributed by atoms with Crippen LogP contribution in [0.4, 0.5) is 0 Å². The van der Waals surface area contributed by atoms with Crippen LogP contribution in [0.1, 0.15) is 35.7 Å². The van der Waals surface area contributed by atoms with E-state index in [2.05, 4.69) is 72.8 Å². The zero-order valence-corrected chi connectivity index (χ0v) is 16.6. The van der Waals surface area contributed by atoms with Gasteiger partial charge in [0.25, 0.3) is 0 Å². The summed E-state index contributed by atoms with van der Waals surface area (Å²) in [6.07, 6.45) is 0. The van der Waals surface area contributed by atoms with Crippen molar-refractivity contribution in [2.24, 2.45) is 4.99 Å². The summed E-state index contributed by atoms with van der Waals surface area (Å²) in [5, 5.41) is 8.91. The lowest BCUT2D eigenvalue weighted by molar-refractivity contribution is 0.386. The van der Waals surface area contributed by atoms with Crippen molar-refractivity contribution in [2.45, 2.75) is 19.5 Å². The topological polar surface area (TPSA) is 46.3 Å². The van der Waals surface area contributed by atoms with Crippen LogP contribution in [0.5, 0.6) is 0 Å². The highest BCUT2D eigenvalue weighted by atomic mass is 79.9. The summed E-state index contributed by atoms with van der Waals surface area (Å²) in [6.45, 7) is 2.79. The lowest BCUT2D eigenvalue weighted by Gasteiger charge is -2.16. The lowest BCUT2D eigenvalue weighted by atomic mass is 10.0. The van der Waals surface area contributed by atoms with Crippen molar-refractivity contribution >= 4 is 21.6 Å². The van der Waals surface area contributed by atoms with E-state index in [0.717, 1.165) is 38.6 Å². The first-order chi connectivity index (χ1) is 12.5. The van der Waals surface area contributed by atoms with Crippen LogP contribution in [-0.4, -0.2) is 39.5 Å². The van der Waals surface area contributed by atoms with Crippen molar-refractivity contribution in [3.05, 3.63) is 75.8 Å². The van der Waals surface area contributed by atoms with Crippen molar-refractivity contribution < 1.29 is 0 Å². The fourth-order valence-electron chi connectivity index (χ4n) is 3.29. The molecular weight excluding hydrogens is 390 g/mol. The first kappa shape index (κ1) is 17.1. The Kier molecular flexibility index (Phi) is 4.46. The quantitative estimate of drug-likeness (QED) is 0.656. The predicted molar refractivity (Wildman–Crippen MR) is 107 cm³/mol. The van der Waals surface area contributed by atoms with Crippen LogP contribution in [0, 0.1) is 0 Å². The second-order valence-corrected chi connectivity index (χ2v) is 7.64. The number of aromatic nitrogens is 3. The maximum Gasteiger partial charge on any atom is 0.162 e. The highest BCUT2D eigenvalue weighted by molar-refractivity contribution is 9.10. The zero-order valence-electron chi connectivity index (χ0n) is 15.0. The Morgan fingerprint density at radius 2 is 1.85 bits per heavy atom. The molecule has 4 rings (SSSR count). The van der Waals surface area contributed by atoms with Crippen LogP contribution >= 0.6 is 15.9 Å². The first-order valence-electron chi connectivity index (χ1n) is 8.57. The second-order valence-electron chi connectivity index (χ2n) is 6.73. The average Bonchev–Trinajstić information content (AvgIpc) is 2.98. The van der Waals surface area contributed by atoms with Crippen molar-refractivity contribution in [1.82, 2.24) is 19.7 Å². The molecule has 3 aromatic rings. The van der Waals surface area contributed by atoms with E-state index in [4.69, 9.17) is 4.99 Å². The maximum absolute atomic E-state index is 5.02. The Balaban J connectivity index is 1.99. The van der Waals surface area contributed by atoms with E-state index in [1.165, 1.54) is 0 Å². The third-order valence-corrected chi connectivity index (χ3v) is 4.91. The Bertz CT molecular complexity index is 975. The van der Waals surface area contributed by atoms with Gasteiger partial charge in [-0.25, -0.2) is 0 Å². The van der Waals surface area contributed by atoms with Gasteiger partial charge in [-0.3, -0.25) is 9.56 Å². The molecule has 1 aromatic heterocycles. The number of hydrogen-bond donors (Lipinski definition) is 0. The third-order valence-electron chi connectivity index (χ3n) is 4.41. The standard InChI is InChI=1S/C20H20BrN5/c1-13-20-24-23-18(12-25(2)3)26(20)17-11-15(21)9-10-16(17)19(22-13)14-7-5-4-6-8-14/h4-11,13H,12H2,1-3H3.